The lowest BCUT2D eigenvalue weighted by Crippen LogP contribution is -2.38. The largest absolute Gasteiger partial charge is 0.476 e. The predicted molar refractivity (Wildman–Crippen MR) is 71.2 cm³/mol. The first kappa shape index (κ1) is 15.6. The van der Waals surface area contributed by atoms with Gasteiger partial charge in [0.05, 0.1) is 12.8 Å². The molecule has 0 aliphatic carbocycles. The second-order valence-corrected chi connectivity index (χ2v) is 5.39. The average molecular weight is 286 g/mol. The number of esters is 1. The van der Waals surface area contributed by atoms with E-state index in [4.69, 9.17) is 9.84 Å². The first-order chi connectivity index (χ1) is 8.93. The fourth-order valence-electron chi connectivity index (χ4n) is 1.59. The predicted octanol–water partition coefficient (Wildman–Crippen LogP) is 1.52. The standard InChI is InChI=1S/C12H18N2O4S/c1-7(2)4-9(12(17)18-3)13-5-8-6-19-10(14-8)11(15)16/h6-7,9,13H,4-5H2,1-3H3,(H,15,16). The number of hydrogen-bond acceptors (Lipinski definition) is 6. The van der Waals surface area contributed by atoms with Crippen LogP contribution in [0.25, 0.3) is 0 Å². The highest BCUT2D eigenvalue weighted by molar-refractivity contribution is 7.11. The molecule has 1 atom stereocenters. The zero-order valence-corrected chi connectivity index (χ0v) is 12.0. The molecule has 7 heteroatoms. The molecular weight excluding hydrogens is 268 g/mol. The van der Waals surface area contributed by atoms with Gasteiger partial charge in [-0.15, -0.1) is 11.3 Å². The van der Waals surface area contributed by atoms with E-state index < -0.39 is 12.0 Å². The molecule has 1 unspecified atom stereocenters. The Balaban J connectivity index is 2.59. The van der Waals surface area contributed by atoms with Crippen LogP contribution >= 0.6 is 11.3 Å². The molecule has 0 radical (unpaired) electrons. The maximum atomic E-state index is 11.6. The molecule has 0 fully saturated rings. The van der Waals surface area contributed by atoms with Gasteiger partial charge in [-0.2, -0.15) is 0 Å². The van der Waals surface area contributed by atoms with Crippen LogP contribution < -0.4 is 5.32 Å². The van der Waals surface area contributed by atoms with Gasteiger partial charge >= 0.3 is 11.9 Å². The van der Waals surface area contributed by atoms with Crippen LogP contribution in [0, 0.1) is 5.92 Å². The Bertz CT molecular complexity index is 445. The lowest BCUT2D eigenvalue weighted by molar-refractivity contribution is -0.143. The number of aromatic carboxylic acids is 1. The lowest BCUT2D eigenvalue weighted by Gasteiger charge is -2.17. The zero-order chi connectivity index (χ0) is 14.4. The molecule has 0 spiro atoms. The summed E-state index contributed by atoms with van der Waals surface area (Å²) in [6, 6.07) is -0.403. The summed E-state index contributed by atoms with van der Waals surface area (Å²) >= 11 is 1.07. The summed E-state index contributed by atoms with van der Waals surface area (Å²) in [5.74, 6) is -1.01. The molecule has 0 aliphatic rings. The van der Waals surface area contributed by atoms with Gasteiger partial charge in [0.25, 0.3) is 0 Å². The average Bonchev–Trinajstić information content (AvgIpc) is 2.82. The lowest BCUT2D eigenvalue weighted by atomic mass is 10.0. The molecular formula is C12H18N2O4S. The summed E-state index contributed by atoms with van der Waals surface area (Å²) in [7, 11) is 1.35. The molecule has 1 aromatic rings. The van der Waals surface area contributed by atoms with E-state index in [1.165, 1.54) is 7.11 Å². The molecule has 0 saturated carbocycles. The highest BCUT2D eigenvalue weighted by Crippen LogP contribution is 2.11. The van der Waals surface area contributed by atoms with E-state index in [9.17, 15) is 9.59 Å². The van der Waals surface area contributed by atoms with Gasteiger partial charge in [0.15, 0.2) is 0 Å². The van der Waals surface area contributed by atoms with E-state index in [2.05, 4.69) is 10.3 Å². The Hall–Kier alpha value is -1.47. The molecule has 0 bridgehead atoms. The molecule has 0 saturated heterocycles. The van der Waals surface area contributed by atoms with Crippen molar-refractivity contribution >= 4 is 23.3 Å². The Kier molecular flexibility index (Phi) is 5.91. The van der Waals surface area contributed by atoms with Gasteiger partial charge in [0.2, 0.25) is 5.01 Å². The number of carbonyl (C=O) groups excluding carboxylic acids is 1. The molecule has 1 rings (SSSR count). The van der Waals surface area contributed by atoms with Crippen LogP contribution in [-0.2, 0) is 16.1 Å². The number of nitrogens with one attached hydrogen (secondary N) is 1. The summed E-state index contributed by atoms with van der Waals surface area (Å²) in [5.41, 5.74) is 0.611. The highest BCUT2D eigenvalue weighted by atomic mass is 32.1. The number of carboxylic acid groups (broad SMARTS) is 1. The highest BCUT2D eigenvalue weighted by Gasteiger charge is 2.20. The topological polar surface area (TPSA) is 88.5 Å². The summed E-state index contributed by atoms with van der Waals surface area (Å²) < 4.78 is 4.73. The zero-order valence-electron chi connectivity index (χ0n) is 11.2. The van der Waals surface area contributed by atoms with Gasteiger partial charge in [-0.25, -0.2) is 9.78 Å². The minimum atomic E-state index is -1.04. The van der Waals surface area contributed by atoms with E-state index in [1.807, 2.05) is 13.8 Å². The number of thiazole rings is 1. The molecule has 0 amide bonds. The number of rotatable bonds is 7. The summed E-state index contributed by atoms with van der Waals surface area (Å²) in [6.45, 7) is 4.38. The second kappa shape index (κ2) is 7.20. The van der Waals surface area contributed by atoms with E-state index in [0.717, 1.165) is 11.3 Å². The first-order valence-corrected chi connectivity index (χ1v) is 6.81. The van der Waals surface area contributed by atoms with Gasteiger partial charge in [-0.05, 0) is 12.3 Å². The first-order valence-electron chi connectivity index (χ1n) is 5.93. The smallest absolute Gasteiger partial charge is 0.365 e. The maximum absolute atomic E-state index is 11.6. The fourth-order valence-corrected chi connectivity index (χ4v) is 2.25. The van der Waals surface area contributed by atoms with Crippen LogP contribution in [0.15, 0.2) is 5.38 Å². The third-order valence-electron chi connectivity index (χ3n) is 2.46. The molecule has 2 N–H and O–H groups in total. The van der Waals surface area contributed by atoms with Gasteiger partial charge < -0.3 is 9.84 Å². The van der Waals surface area contributed by atoms with Crippen LogP contribution in [0.3, 0.4) is 0 Å². The molecule has 19 heavy (non-hydrogen) atoms. The van der Waals surface area contributed by atoms with Crippen molar-refractivity contribution in [3.05, 3.63) is 16.1 Å². The van der Waals surface area contributed by atoms with Crippen molar-refractivity contribution in [3.63, 3.8) is 0 Å². The third kappa shape index (κ3) is 4.96. The molecule has 1 aromatic heterocycles. The van der Waals surface area contributed by atoms with Gasteiger partial charge in [-0.3, -0.25) is 10.1 Å². The monoisotopic (exact) mass is 286 g/mol. The molecule has 106 valence electrons. The van der Waals surface area contributed by atoms with Crippen molar-refractivity contribution in [2.75, 3.05) is 7.11 Å². The van der Waals surface area contributed by atoms with Crippen LogP contribution in [0.2, 0.25) is 0 Å². The number of carboxylic acids is 1. The molecule has 0 aliphatic heterocycles. The van der Waals surface area contributed by atoms with Crippen molar-refractivity contribution in [2.45, 2.75) is 32.9 Å². The Morgan fingerprint density at radius 1 is 1.53 bits per heavy atom. The SMILES string of the molecule is COC(=O)C(CC(C)C)NCc1csc(C(=O)O)n1. The van der Waals surface area contributed by atoms with Crippen molar-refractivity contribution < 1.29 is 19.4 Å². The molecule has 0 aromatic carbocycles. The van der Waals surface area contributed by atoms with Gasteiger partial charge in [0, 0.05) is 11.9 Å². The number of nitrogens with zero attached hydrogens (tertiary/aromatic N) is 1. The van der Waals surface area contributed by atoms with Crippen molar-refractivity contribution in [1.82, 2.24) is 10.3 Å². The summed E-state index contributed by atoms with van der Waals surface area (Å²) in [6.07, 6.45) is 0.655. The molecule has 6 nitrogen and oxygen atoms in total. The maximum Gasteiger partial charge on any atom is 0.365 e. The van der Waals surface area contributed by atoms with E-state index >= 15 is 0 Å². The van der Waals surface area contributed by atoms with Gasteiger partial charge in [0.1, 0.15) is 6.04 Å². The van der Waals surface area contributed by atoms with Crippen LogP contribution in [0.4, 0.5) is 0 Å². The fraction of sp³-hybridized carbons (Fsp3) is 0.583. The number of carbonyl (C=O) groups is 2. The Morgan fingerprint density at radius 3 is 2.68 bits per heavy atom. The summed E-state index contributed by atoms with van der Waals surface area (Å²) in [4.78, 5) is 26.2. The molecule has 1 heterocycles. The van der Waals surface area contributed by atoms with Crippen molar-refractivity contribution in [3.8, 4) is 0 Å². The normalized spacial score (nSPS) is 12.4. The van der Waals surface area contributed by atoms with Crippen molar-refractivity contribution in [2.24, 2.45) is 5.92 Å². The number of methoxy groups -OCH3 is 1. The number of ether oxygens (including phenoxy) is 1. The van der Waals surface area contributed by atoms with Crippen LogP contribution in [-0.4, -0.2) is 35.2 Å². The Labute approximate surface area is 115 Å². The second-order valence-electron chi connectivity index (χ2n) is 4.54. The third-order valence-corrected chi connectivity index (χ3v) is 3.34. The number of aromatic nitrogens is 1. The van der Waals surface area contributed by atoms with E-state index in [0.29, 0.717) is 24.6 Å². The van der Waals surface area contributed by atoms with Crippen LogP contribution in [0.5, 0.6) is 0 Å². The van der Waals surface area contributed by atoms with E-state index in [1.54, 1.807) is 5.38 Å². The minimum Gasteiger partial charge on any atom is -0.476 e. The van der Waals surface area contributed by atoms with Crippen molar-refractivity contribution in [1.29, 1.82) is 0 Å². The Morgan fingerprint density at radius 2 is 2.21 bits per heavy atom. The quantitative estimate of drug-likeness (QED) is 0.739. The summed E-state index contributed by atoms with van der Waals surface area (Å²) in [5, 5.41) is 13.5. The van der Waals surface area contributed by atoms with Crippen LogP contribution in [0.1, 0.15) is 35.8 Å². The minimum absolute atomic E-state index is 0.0512. The van der Waals surface area contributed by atoms with E-state index in [-0.39, 0.29) is 11.0 Å². The van der Waals surface area contributed by atoms with Gasteiger partial charge in [-0.1, -0.05) is 13.8 Å². The number of hydrogen-bond donors (Lipinski definition) is 2.